The SMILES string of the molecule is OC(c1ccc(Br)cc1)c1cc(Br)c(Cl)s1. The highest BCUT2D eigenvalue weighted by Gasteiger charge is 2.14. The van der Waals surface area contributed by atoms with Crippen LogP contribution in [0.15, 0.2) is 39.3 Å². The van der Waals surface area contributed by atoms with Gasteiger partial charge in [0, 0.05) is 13.8 Å². The van der Waals surface area contributed by atoms with Crippen molar-refractivity contribution in [3.8, 4) is 0 Å². The van der Waals surface area contributed by atoms with E-state index in [0.717, 1.165) is 19.4 Å². The van der Waals surface area contributed by atoms with Crippen molar-refractivity contribution in [3.05, 3.63) is 54.1 Å². The third kappa shape index (κ3) is 2.68. The van der Waals surface area contributed by atoms with Gasteiger partial charge in [-0.05, 0) is 39.7 Å². The van der Waals surface area contributed by atoms with E-state index in [2.05, 4.69) is 31.9 Å². The molecule has 1 atom stereocenters. The van der Waals surface area contributed by atoms with E-state index < -0.39 is 6.10 Å². The van der Waals surface area contributed by atoms with Crippen molar-refractivity contribution in [2.75, 3.05) is 0 Å². The summed E-state index contributed by atoms with van der Waals surface area (Å²) in [4.78, 5) is 0.833. The van der Waals surface area contributed by atoms with Crippen LogP contribution in [0, 0.1) is 0 Å². The Bertz CT molecular complexity index is 476. The first kappa shape index (κ1) is 12.6. The molecule has 0 radical (unpaired) electrons. The molecule has 1 N–H and O–H groups in total. The Hall–Kier alpha value is 0.130. The lowest BCUT2D eigenvalue weighted by molar-refractivity contribution is 0.224. The normalized spacial score (nSPS) is 12.8. The lowest BCUT2D eigenvalue weighted by Gasteiger charge is -2.08. The van der Waals surface area contributed by atoms with Crippen LogP contribution < -0.4 is 0 Å². The fraction of sp³-hybridized carbons (Fsp3) is 0.0909. The molecular weight excluding hydrogens is 375 g/mol. The van der Waals surface area contributed by atoms with E-state index in [9.17, 15) is 5.11 Å². The summed E-state index contributed by atoms with van der Waals surface area (Å²) in [6, 6.07) is 9.43. The van der Waals surface area contributed by atoms with E-state index in [1.165, 1.54) is 11.3 Å². The van der Waals surface area contributed by atoms with Crippen molar-refractivity contribution in [2.45, 2.75) is 6.10 Å². The molecule has 84 valence electrons. The van der Waals surface area contributed by atoms with Gasteiger partial charge in [-0.15, -0.1) is 11.3 Å². The molecule has 0 amide bonds. The van der Waals surface area contributed by atoms with Crippen LogP contribution in [0.3, 0.4) is 0 Å². The molecule has 0 spiro atoms. The Morgan fingerprint density at radius 1 is 1.19 bits per heavy atom. The van der Waals surface area contributed by atoms with Crippen LogP contribution in [0.1, 0.15) is 16.5 Å². The third-order valence-electron chi connectivity index (χ3n) is 2.12. The average molecular weight is 383 g/mol. The Morgan fingerprint density at radius 3 is 2.31 bits per heavy atom. The molecule has 0 aliphatic carbocycles. The minimum Gasteiger partial charge on any atom is -0.383 e. The predicted octanol–water partition coefficient (Wildman–Crippen LogP) is 5.01. The Kier molecular flexibility index (Phi) is 4.08. The maximum absolute atomic E-state index is 10.1. The number of rotatable bonds is 2. The Balaban J connectivity index is 2.31. The van der Waals surface area contributed by atoms with Crippen LogP contribution in [0.4, 0.5) is 0 Å². The van der Waals surface area contributed by atoms with Crippen LogP contribution >= 0.6 is 54.8 Å². The standard InChI is InChI=1S/C11H7Br2ClOS/c12-7-3-1-6(2-4-7)10(15)9-5-8(13)11(14)16-9/h1-5,10,15H. The fourth-order valence-electron chi connectivity index (χ4n) is 1.31. The first-order chi connectivity index (χ1) is 7.58. The zero-order valence-electron chi connectivity index (χ0n) is 7.95. The number of aliphatic hydroxyl groups is 1. The molecule has 0 aliphatic heterocycles. The zero-order valence-corrected chi connectivity index (χ0v) is 12.7. The summed E-state index contributed by atoms with van der Waals surface area (Å²) in [6.07, 6.45) is -0.623. The molecule has 1 aromatic heterocycles. The van der Waals surface area contributed by atoms with Crippen LogP contribution in [-0.2, 0) is 0 Å². The minimum atomic E-state index is -0.623. The number of thiophene rings is 1. The van der Waals surface area contributed by atoms with Crippen LogP contribution in [-0.4, -0.2) is 5.11 Å². The zero-order chi connectivity index (χ0) is 11.7. The molecule has 0 fully saturated rings. The van der Waals surface area contributed by atoms with Gasteiger partial charge in [-0.2, -0.15) is 0 Å². The molecule has 0 aliphatic rings. The second-order valence-corrected chi connectivity index (χ2v) is 6.68. The molecule has 1 aromatic carbocycles. The lowest BCUT2D eigenvalue weighted by atomic mass is 10.1. The molecule has 1 nitrogen and oxygen atoms in total. The summed E-state index contributed by atoms with van der Waals surface area (Å²) in [6.45, 7) is 0. The minimum absolute atomic E-state index is 0.623. The maximum Gasteiger partial charge on any atom is 0.113 e. The van der Waals surface area contributed by atoms with Gasteiger partial charge in [0.1, 0.15) is 10.4 Å². The second-order valence-electron chi connectivity index (χ2n) is 3.22. The molecule has 16 heavy (non-hydrogen) atoms. The van der Waals surface area contributed by atoms with Gasteiger partial charge in [0.25, 0.3) is 0 Å². The maximum atomic E-state index is 10.1. The van der Waals surface area contributed by atoms with Gasteiger partial charge in [0.2, 0.25) is 0 Å². The van der Waals surface area contributed by atoms with E-state index in [1.807, 2.05) is 30.3 Å². The molecule has 1 unspecified atom stereocenters. The monoisotopic (exact) mass is 380 g/mol. The Labute approximate surface area is 119 Å². The quantitative estimate of drug-likeness (QED) is 0.774. The fourth-order valence-corrected chi connectivity index (χ4v) is 3.32. The summed E-state index contributed by atoms with van der Waals surface area (Å²) in [5.41, 5.74) is 0.855. The van der Waals surface area contributed by atoms with Crippen molar-refractivity contribution < 1.29 is 5.11 Å². The van der Waals surface area contributed by atoms with Gasteiger partial charge in [-0.3, -0.25) is 0 Å². The molecule has 5 heteroatoms. The van der Waals surface area contributed by atoms with Crippen molar-refractivity contribution >= 4 is 54.8 Å². The van der Waals surface area contributed by atoms with Gasteiger partial charge >= 0.3 is 0 Å². The number of benzene rings is 1. The van der Waals surface area contributed by atoms with Crippen LogP contribution in [0.5, 0.6) is 0 Å². The van der Waals surface area contributed by atoms with E-state index in [0.29, 0.717) is 4.34 Å². The molecule has 0 saturated carbocycles. The summed E-state index contributed by atoms with van der Waals surface area (Å²) in [7, 11) is 0. The highest BCUT2D eigenvalue weighted by atomic mass is 79.9. The largest absolute Gasteiger partial charge is 0.383 e. The first-order valence-electron chi connectivity index (χ1n) is 4.46. The topological polar surface area (TPSA) is 20.2 Å². The number of hydrogen-bond donors (Lipinski definition) is 1. The highest BCUT2D eigenvalue weighted by Crippen LogP contribution is 2.37. The third-order valence-corrected chi connectivity index (χ3v) is 5.18. The van der Waals surface area contributed by atoms with Gasteiger partial charge in [-0.25, -0.2) is 0 Å². The number of aliphatic hydroxyl groups excluding tert-OH is 1. The summed E-state index contributed by atoms with van der Waals surface area (Å²) >= 11 is 14.0. The number of halogens is 3. The molecular formula is C11H7Br2ClOS. The lowest BCUT2D eigenvalue weighted by Crippen LogP contribution is -1.96. The summed E-state index contributed by atoms with van der Waals surface area (Å²) in [5, 5.41) is 10.1. The van der Waals surface area contributed by atoms with Crippen molar-refractivity contribution in [2.24, 2.45) is 0 Å². The van der Waals surface area contributed by atoms with Gasteiger partial charge in [0.15, 0.2) is 0 Å². The second kappa shape index (κ2) is 5.19. The molecule has 0 saturated heterocycles. The van der Waals surface area contributed by atoms with Crippen LogP contribution in [0.25, 0.3) is 0 Å². The van der Waals surface area contributed by atoms with Crippen molar-refractivity contribution in [1.29, 1.82) is 0 Å². The average Bonchev–Trinajstić information content (AvgIpc) is 2.59. The van der Waals surface area contributed by atoms with Gasteiger partial charge in [-0.1, -0.05) is 39.7 Å². The van der Waals surface area contributed by atoms with Crippen molar-refractivity contribution in [1.82, 2.24) is 0 Å². The van der Waals surface area contributed by atoms with E-state index in [-0.39, 0.29) is 0 Å². The number of hydrogen-bond acceptors (Lipinski definition) is 2. The molecule has 0 bridgehead atoms. The molecule has 2 rings (SSSR count). The summed E-state index contributed by atoms with van der Waals surface area (Å²) < 4.78 is 2.48. The predicted molar refractivity (Wildman–Crippen MR) is 75.2 cm³/mol. The Morgan fingerprint density at radius 2 is 1.81 bits per heavy atom. The van der Waals surface area contributed by atoms with Gasteiger partial charge in [0.05, 0.1) is 0 Å². The first-order valence-corrected chi connectivity index (χ1v) is 7.24. The van der Waals surface area contributed by atoms with E-state index in [1.54, 1.807) is 0 Å². The van der Waals surface area contributed by atoms with Crippen molar-refractivity contribution in [3.63, 3.8) is 0 Å². The van der Waals surface area contributed by atoms with E-state index in [4.69, 9.17) is 11.6 Å². The van der Waals surface area contributed by atoms with Gasteiger partial charge < -0.3 is 5.11 Å². The summed E-state index contributed by atoms with van der Waals surface area (Å²) in [5.74, 6) is 0. The highest BCUT2D eigenvalue weighted by molar-refractivity contribution is 9.10. The van der Waals surface area contributed by atoms with E-state index >= 15 is 0 Å². The molecule has 1 heterocycles. The molecule has 2 aromatic rings. The smallest absolute Gasteiger partial charge is 0.113 e. The van der Waals surface area contributed by atoms with Crippen LogP contribution in [0.2, 0.25) is 4.34 Å².